The van der Waals surface area contributed by atoms with Gasteiger partial charge < -0.3 is 15.1 Å². The van der Waals surface area contributed by atoms with Crippen molar-refractivity contribution >= 4 is 23.2 Å². The summed E-state index contributed by atoms with van der Waals surface area (Å²) in [7, 11) is 0. The Balaban J connectivity index is 1.49. The van der Waals surface area contributed by atoms with Gasteiger partial charge in [-0.3, -0.25) is 14.6 Å². The van der Waals surface area contributed by atoms with Gasteiger partial charge in [-0.2, -0.15) is 11.3 Å². The average molecular weight is 385 g/mol. The number of pyridine rings is 1. The predicted octanol–water partition coefficient (Wildman–Crippen LogP) is 2.15. The van der Waals surface area contributed by atoms with Crippen LogP contribution in [0.2, 0.25) is 0 Å². The van der Waals surface area contributed by atoms with Gasteiger partial charge in [-0.25, -0.2) is 0 Å². The topological polar surface area (TPSA) is 65.5 Å². The largest absolute Gasteiger partial charge is 0.337 e. The molecule has 6 nitrogen and oxygen atoms in total. The smallest absolute Gasteiger partial charge is 0.255 e. The van der Waals surface area contributed by atoms with E-state index in [0.717, 1.165) is 49.4 Å². The molecule has 0 aromatic carbocycles. The maximum atomic E-state index is 13.1. The van der Waals surface area contributed by atoms with E-state index in [0.29, 0.717) is 18.7 Å². The van der Waals surface area contributed by atoms with Crippen molar-refractivity contribution in [2.24, 2.45) is 0 Å². The fourth-order valence-electron chi connectivity index (χ4n) is 3.93. The summed E-state index contributed by atoms with van der Waals surface area (Å²) in [6.45, 7) is 5.18. The van der Waals surface area contributed by atoms with Crippen LogP contribution in [-0.4, -0.2) is 65.4 Å². The molecule has 27 heavy (non-hydrogen) atoms. The number of piperidine rings is 1. The van der Waals surface area contributed by atoms with E-state index >= 15 is 0 Å². The molecule has 2 aliphatic rings. The summed E-state index contributed by atoms with van der Waals surface area (Å²) in [4.78, 5) is 33.8. The molecule has 0 bridgehead atoms. The quantitative estimate of drug-likeness (QED) is 0.881. The number of carbonyl (C=O) groups excluding carboxylic acids is 2. The van der Waals surface area contributed by atoms with Crippen LogP contribution in [0.1, 0.15) is 28.9 Å². The van der Waals surface area contributed by atoms with E-state index in [9.17, 15) is 9.59 Å². The molecular formula is C20H24N4O2S. The van der Waals surface area contributed by atoms with Gasteiger partial charge in [0.2, 0.25) is 5.91 Å². The molecule has 2 saturated heterocycles. The fourth-order valence-corrected chi connectivity index (χ4v) is 4.58. The molecule has 142 valence electrons. The lowest BCUT2D eigenvalue weighted by Crippen LogP contribution is -2.57. The summed E-state index contributed by atoms with van der Waals surface area (Å²) in [5, 5.41) is 7.19. The molecule has 4 rings (SSSR count). The molecule has 0 aliphatic carbocycles. The highest BCUT2D eigenvalue weighted by atomic mass is 32.1. The number of aromatic nitrogens is 1. The van der Waals surface area contributed by atoms with E-state index in [1.807, 2.05) is 40.3 Å². The molecule has 1 N–H and O–H groups in total. The van der Waals surface area contributed by atoms with Crippen LogP contribution in [0.15, 0.2) is 29.0 Å². The van der Waals surface area contributed by atoms with Crippen LogP contribution in [0.5, 0.6) is 0 Å². The van der Waals surface area contributed by atoms with Crippen molar-refractivity contribution in [1.82, 2.24) is 20.1 Å². The predicted molar refractivity (Wildman–Crippen MR) is 106 cm³/mol. The molecule has 0 radical (unpaired) electrons. The summed E-state index contributed by atoms with van der Waals surface area (Å²) in [6, 6.07) is 5.96. The molecule has 2 aromatic heterocycles. The number of amides is 2. The Kier molecular flexibility index (Phi) is 5.22. The number of hydrogen-bond acceptors (Lipinski definition) is 5. The highest BCUT2D eigenvalue weighted by Crippen LogP contribution is 2.24. The summed E-state index contributed by atoms with van der Waals surface area (Å²) in [5.41, 5.74) is 3.39. The molecule has 2 fully saturated rings. The number of carbonyl (C=O) groups is 2. The second-order valence-electron chi connectivity index (χ2n) is 7.15. The molecule has 0 spiro atoms. The maximum absolute atomic E-state index is 13.1. The van der Waals surface area contributed by atoms with Gasteiger partial charge in [0.1, 0.15) is 0 Å². The normalized spacial score (nSPS) is 20.8. The molecule has 1 unspecified atom stereocenters. The van der Waals surface area contributed by atoms with Crippen LogP contribution in [0.4, 0.5) is 0 Å². The van der Waals surface area contributed by atoms with Gasteiger partial charge in [-0.1, -0.05) is 0 Å². The fraction of sp³-hybridized carbons (Fsp3) is 0.450. The maximum Gasteiger partial charge on any atom is 0.255 e. The van der Waals surface area contributed by atoms with Gasteiger partial charge in [-0.05, 0) is 43.3 Å². The van der Waals surface area contributed by atoms with E-state index in [-0.39, 0.29) is 17.9 Å². The Morgan fingerprint density at radius 3 is 2.93 bits per heavy atom. The zero-order chi connectivity index (χ0) is 18.8. The third-order valence-corrected chi connectivity index (χ3v) is 6.07. The lowest BCUT2D eigenvalue weighted by atomic mass is 10.0. The molecule has 7 heteroatoms. The minimum atomic E-state index is 0.0177. The van der Waals surface area contributed by atoms with Crippen LogP contribution < -0.4 is 5.32 Å². The molecule has 4 heterocycles. The SMILES string of the molecule is Cc1nc(-c2ccsc2)ccc1C(=O)N1CCCC(N2CCNCC2=O)C1. The molecule has 1 atom stereocenters. The Bertz CT molecular complexity index is 837. The number of piperazine rings is 1. The number of likely N-dealkylation sites (tertiary alicyclic amines) is 1. The zero-order valence-corrected chi connectivity index (χ0v) is 16.3. The lowest BCUT2D eigenvalue weighted by Gasteiger charge is -2.41. The number of hydrogen-bond donors (Lipinski definition) is 1. The van der Waals surface area contributed by atoms with Crippen LogP contribution in [0, 0.1) is 6.92 Å². The van der Waals surface area contributed by atoms with Crippen molar-refractivity contribution in [3.8, 4) is 11.3 Å². The number of thiophene rings is 1. The van der Waals surface area contributed by atoms with Gasteiger partial charge in [0.05, 0.1) is 23.5 Å². The van der Waals surface area contributed by atoms with Crippen molar-refractivity contribution in [2.45, 2.75) is 25.8 Å². The number of rotatable bonds is 3. The monoisotopic (exact) mass is 384 g/mol. The third-order valence-electron chi connectivity index (χ3n) is 5.38. The van der Waals surface area contributed by atoms with Gasteiger partial charge in [-0.15, -0.1) is 0 Å². The van der Waals surface area contributed by atoms with Crippen molar-refractivity contribution in [2.75, 3.05) is 32.7 Å². The van der Waals surface area contributed by atoms with Gasteiger partial charge in [0, 0.05) is 43.2 Å². The Hall–Kier alpha value is -2.25. The summed E-state index contributed by atoms with van der Waals surface area (Å²) < 4.78 is 0. The minimum absolute atomic E-state index is 0.0177. The van der Waals surface area contributed by atoms with E-state index in [2.05, 4.69) is 15.7 Å². The van der Waals surface area contributed by atoms with Gasteiger partial charge in [0.15, 0.2) is 0 Å². The molecule has 2 aromatic rings. The first-order valence-corrected chi connectivity index (χ1v) is 10.4. The molecule has 2 aliphatic heterocycles. The van der Waals surface area contributed by atoms with Crippen LogP contribution in [0.25, 0.3) is 11.3 Å². The summed E-state index contributed by atoms with van der Waals surface area (Å²) >= 11 is 1.64. The number of aryl methyl sites for hydroxylation is 1. The summed E-state index contributed by atoms with van der Waals surface area (Å²) in [6.07, 6.45) is 1.89. The highest BCUT2D eigenvalue weighted by molar-refractivity contribution is 7.08. The van der Waals surface area contributed by atoms with E-state index in [1.165, 1.54) is 0 Å². The van der Waals surface area contributed by atoms with Crippen LogP contribution >= 0.6 is 11.3 Å². The first kappa shape index (κ1) is 18.1. The summed E-state index contributed by atoms with van der Waals surface area (Å²) in [5.74, 6) is 0.155. The number of nitrogens with zero attached hydrogens (tertiary/aromatic N) is 3. The van der Waals surface area contributed by atoms with E-state index < -0.39 is 0 Å². The van der Waals surface area contributed by atoms with Gasteiger partial charge in [0.25, 0.3) is 5.91 Å². The molecule has 2 amide bonds. The first-order valence-electron chi connectivity index (χ1n) is 9.43. The van der Waals surface area contributed by atoms with Crippen LogP contribution in [-0.2, 0) is 4.79 Å². The van der Waals surface area contributed by atoms with Crippen molar-refractivity contribution in [1.29, 1.82) is 0 Å². The first-order chi connectivity index (χ1) is 13.1. The molecule has 0 saturated carbocycles. The van der Waals surface area contributed by atoms with Crippen molar-refractivity contribution < 1.29 is 9.59 Å². The Morgan fingerprint density at radius 1 is 1.30 bits per heavy atom. The highest BCUT2D eigenvalue weighted by Gasteiger charge is 2.32. The standard InChI is InChI=1S/C20H24N4O2S/c1-14-17(4-5-18(22-14)15-6-10-27-13-15)20(26)23-8-2-3-16(12-23)24-9-7-21-11-19(24)25/h4-6,10,13,16,21H,2-3,7-9,11-12H2,1H3. The van der Waals surface area contributed by atoms with E-state index in [4.69, 9.17) is 0 Å². The average Bonchev–Trinajstić information content (AvgIpc) is 3.23. The van der Waals surface area contributed by atoms with Crippen molar-refractivity contribution in [3.63, 3.8) is 0 Å². The second-order valence-corrected chi connectivity index (χ2v) is 7.93. The zero-order valence-electron chi connectivity index (χ0n) is 15.5. The number of nitrogens with one attached hydrogen (secondary N) is 1. The van der Waals surface area contributed by atoms with Crippen molar-refractivity contribution in [3.05, 3.63) is 40.2 Å². The van der Waals surface area contributed by atoms with E-state index in [1.54, 1.807) is 11.3 Å². The lowest BCUT2D eigenvalue weighted by molar-refractivity contribution is -0.135. The van der Waals surface area contributed by atoms with Crippen LogP contribution in [0.3, 0.4) is 0 Å². The third kappa shape index (κ3) is 3.75. The Morgan fingerprint density at radius 2 is 2.19 bits per heavy atom. The minimum Gasteiger partial charge on any atom is -0.337 e. The molecular weight excluding hydrogens is 360 g/mol. The van der Waals surface area contributed by atoms with Gasteiger partial charge >= 0.3 is 0 Å². The second kappa shape index (κ2) is 7.78. The Labute approximate surface area is 163 Å².